The molecule has 3 N–H and O–H groups in total. The number of aromatic nitrogens is 1. The van der Waals surface area contributed by atoms with Crippen LogP contribution >= 0.6 is 23.7 Å². The molecule has 1 atom stereocenters. The first-order valence-electron chi connectivity index (χ1n) is 8.08. The van der Waals surface area contributed by atoms with Gasteiger partial charge in [-0.15, -0.1) is 23.7 Å². The molecule has 0 amide bonds. The lowest BCUT2D eigenvalue weighted by Crippen LogP contribution is -2.32. The van der Waals surface area contributed by atoms with Gasteiger partial charge in [-0.05, 0) is 31.7 Å². The number of thiazole rings is 1. The minimum atomic E-state index is 0. The number of halogens is 1. The molecule has 5 heteroatoms. The number of nitrogens with one attached hydrogen (secondary N) is 1. The lowest BCUT2D eigenvalue weighted by atomic mass is 10.0. The van der Waals surface area contributed by atoms with Crippen LogP contribution in [0.2, 0.25) is 0 Å². The summed E-state index contributed by atoms with van der Waals surface area (Å²) in [6, 6.07) is 9.93. The van der Waals surface area contributed by atoms with E-state index in [0.717, 1.165) is 16.3 Å². The summed E-state index contributed by atoms with van der Waals surface area (Å²) in [6.45, 7) is 7.23. The van der Waals surface area contributed by atoms with Crippen LogP contribution < -0.4 is 11.1 Å². The average molecular weight is 354 g/mol. The largest absolute Gasteiger partial charge is 0.326 e. The number of hydrogen-bond donors (Lipinski definition) is 2. The Kier molecular flexibility index (Phi) is 8.77. The Morgan fingerprint density at radius 3 is 2.43 bits per heavy atom. The maximum Gasteiger partial charge on any atom is 0.123 e. The molecule has 0 aliphatic carbocycles. The van der Waals surface area contributed by atoms with Gasteiger partial charge in [-0.1, -0.05) is 38.1 Å². The van der Waals surface area contributed by atoms with Gasteiger partial charge in [0, 0.05) is 35.3 Å². The number of hydrogen-bond acceptors (Lipinski definition) is 4. The molecule has 0 aliphatic rings. The SMILES string of the molecule is CC(C)NC(C)CCCc1ccc(-c2ncc(CN)s2)cc1.Cl. The molecular weight excluding hydrogens is 326 g/mol. The van der Waals surface area contributed by atoms with Crippen molar-refractivity contribution in [3.05, 3.63) is 40.9 Å². The molecule has 3 nitrogen and oxygen atoms in total. The first-order valence-corrected chi connectivity index (χ1v) is 8.90. The van der Waals surface area contributed by atoms with Crippen molar-refractivity contribution in [2.75, 3.05) is 0 Å². The van der Waals surface area contributed by atoms with E-state index in [1.54, 1.807) is 11.3 Å². The van der Waals surface area contributed by atoms with Crippen LogP contribution in [0, 0.1) is 0 Å². The predicted octanol–water partition coefficient (Wildman–Crippen LogP) is 4.40. The standard InChI is InChI=1S/C18H27N3S.ClH/c1-13(2)21-14(3)5-4-6-15-7-9-16(10-8-15)18-20-12-17(11-19)22-18;/h7-10,12-14,21H,4-6,11,19H2,1-3H3;1H. The van der Waals surface area contributed by atoms with Crippen molar-refractivity contribution >= 4 is 23.7 Å². The lowest BCUT2D eigenvalue weighted by molar-refractivity contribution is 0.455. The number of benzene rings is 1. The molecule has 0 fully saturated rings. The molecular formula is C18H28ClN3S. The smallest absolute Gasteiger partial charge is 0.123 e. The van der Waals surface area contributed by atoms with Crippen molar-refractivity contribution in [1.82, 2.24) is 10.3 Å². The van der Waals surface area contributed by atoms with Gasteiger partial charge in [-0.3, -0.25) is 0 Å². The molecule has 0 aliphatic heterocycles. The van der Waals surface area contributed by atoms with E-state index in [-0.39, 0.29) is 12.4 Å². The molecule has 128 valence electrons. The molecule has 1 aromatic carbocycles. The summed E-state index contributed by atoms with van der Waals surface area (Å²) in [5.41, 5.74) is 8.22. The Morgan fingerprint density at radius 1 is 1.17 bits per heavy atom. The summed E-state index contributed by atoms with van der Waals surface area (Å²) in [5, 5.41) is 4.61. The van der Waals surface area contributed by atoms with Crippen molar-refractivity contribution in [2.45, 2.75) is 58.7 Å². The fraction of sp³-hybridized carbons (Fsp3) is 0.500. The van der Waals surface area contributed by atoms with E-state index in [1.165, 1.54) is 24.0 Å². The molecule has 0 saturated heterocycles. The first-order chi connectivity index (χ1) is 10.6. The molecule has 1 heterocycles. The molecule has 0 radical (unpaired) electrons. The third-order valence-electron chi connectivity index (χ3n) is 3.68. The fourth-order valence-electron chi connectivity index (χ4n) is 2.61. The van der Waals surface area contributed by atoms with Gasteiger partial charge in [0.2, 0.25) is 0 Å². The van der Waals surface area contributed by atoms with Crippen LogP contribution in [0.25, 0.3) is 10.6 Å². The van der Waals surface area contributed by atoms with Gasteiger partial charge in [-0.2, -0.15) is 0 Å². The monoisotopic (exact) mass is 353 g/mol. The average Bonchev–Trinajstić information content (AvgIpc) is 2.96. The summed E-state index contributed by atoms with van der Waals surface area (Å²) < 4.78 is 0. The lowest BCUT2D eigenvalue weighted by Gasteiger charge is -2.16. The van der Waals surface area contributed by atoms with Crippen molar-refractivity contribution in [3.63, 3.8) is 0 Å². The molecule has 23 heavy (non-hydrogen) atoms. The molecule has 1 unspecified atom stereocenters. The van der Waals surface area contributed by atoms with Gasteiger partial charge >= 0.3 is 0 Å². The third kappa shape index (κ3) is 6.60. The first kappa shape index (κ1) is 20.1. The van der Waals surface area contributed by atoms with Gasteiger partial charge in [-0.25, -0.2) is 4.98 Å². The topological polar surface area (TPSA) is 50.9 Å². The van der Waals surface area contributed by atoms with Crippen LogP contribution in [0.5, 0.6) is 0 Å². The normalized spacial score (nSPS) is 12.2. The Labute approximate surface area is 150 Å². The van der Waals surface area contributed by atoms with E-state index in [0.29, 0.717) is 18.6 Å². The molecule has 0 saturated carbocycles. The van der Waals surface area contributed by atoms with Crippen LogP contribution in [0.4, 0.5) is 0 Å². The van der Waals surface area contributed by atoms with Crippen molar-refractivity contribution in [3.8, 4) is 10.6 Å². The zero-order valence-electron chi connectivity index (χ0n) is 14.2. The number of rotatable bonds is 8. The van der Waals surface area contributed by atoms with E-state index in [1.807, 2.05) is 6.20 Å². The Hall–Kier alpha value is -0.940. The second kappa shape index (κ2) is 10.0. The molecule has 2 aromatic rings. The van der Waals surface area contributed by atoms with E-state index >= 15 is 0 Å². The van der Waals surface area contributed by atoms with E-state index < -0.39 is 0 Å². The number of nitrogens with zero attached hydrogens (tertiary/aromatic N) is 1. The summed E-state index contributed by atoms with van der Waals surface area (Å²) in [5.74, 6) is 0. The number of aryl methyl sites for hydroxylation is 1. The highest BCUT2D eigenvalue weighted by Gasteiger charge is 2.05. The van der Waals surface area contributed by atoms with Crippen LogP contribution in [0.3, 0.4) is 0 Å². The summed E-state index contributed by atoms with van der Waals surface area (Å²) in [4.78, 5) is 5.56. The number of nitrogens with two attached hydrogens (primary N) is 1. The predicted molar refractivity (Wildman–Crippen MR) is 103 cm³/mol. The van der Waals surface area contributed by atoms with Gasteiger partial charge < -0.3 is 11.1 Å². The van der Waals surface area contributed by atoms with E-state index in [9.17, 15) is 0 Å². The molecule has 0 bridgehead atoms. The van der Waals surface area contributed by atoms with Crippen molar-refractivity contribution < 1.29 is 0 Å². The summed E-state index contributed by atoms with van der Waals surface area (Å²) in [7, 11) is 0. The van der Waals surface area contributed by atoms with Crippen LogP contribution in [0.15, 0.2) is 30.5 Å². The maximum absolute atomic E-state index is 5.64. The second-order valence-corrected chi connectivity index (χ2v) is 7.26. The highest BCUT2D eigenvalue weighted by atomic mass is 35.5. The van der Waals surface area contributed by atoms with Crippen LogP contribution in [0.1, 0.15) is 44.1 Å². The maximum atomic E-state index is 5.64. The van der Waals surface area contributed by atoms with Crippen molar-refractivity contribution in [1.29, 1.82) is 0 Å². The zero-order chi connectivity index (χ0) is 15.9. The summed E-state index contributed by atoms with van der Waals surface area (Å²) >= 11 is 1.67. The Balaban J connectivity index is 0.00000264. The van der Waals surface area contributed by atoms with E-state index in [2.05, 4.69) is 55.3 Å². The van der Waals surface area contributed by atoms with Gasteiger partial charge in [0.15, 0.2) is 0 Å². The van der Waals surface area contributed by atoms with Crippen LogP contribution in [-0.4, -0.2) is 17.1 Å². The van der Waals surface area contributed by atoms with Gasteiger partial charge in [0.05, 0.1) is 0 Å². The minimum Gasteiger partial charge on any atom is -0.326 e. The Bertz CT molecular complexity index is 566. The highest BCUT2D eigenvalue weighted by molar-refractivity contribution is 7.15. The third-order valence-corrected chi connectivity index (χ3v) is 4.74. The quantitative estimate of drug-likeness (QED) is 0.739. The van der Waals surface area contributed by atoms with Crippen LogP contribution in [-0.2, 0) is 13.0 Å². The zero-order valence-corrected chi connectivity index (χ0v) is 15.8. The van der Waals surface area contributed by atoms with Crippen molar-refractivity contribution in [2.24, 2.45) is 5.73 Å². The molecule has 0 spiro atoms. The minimum absolute atomic E-state index is 0. The molecule has 1 aromatic heterocycles. The molecule has 2 rings (SSSR count). The highest BCUT2D eigenvalue weighted by Crippen LogP contribution is 2.25. The fourth-order valence-corrected chi connectivity index (χ4v) is 3.41. The Morgan fingerprint density at radius 2 is 1.87 bits per heavy atom. The second-order valence-electron chi connectivity index (χ2n) is 6.15. The van der Waals surface area contributed by atoms with E-state index in [4.69, 9.17) is 5.73 Å². The van der Waals surface area contributed by atoms with Gasteiger partial charge in [0.1, 0.15) is 5.01 Å². The summed E-state index contributed by atoms with van der Waals surface area (Å²) in [6.07, 6.45) is 5.44. The van der Waals surface area contributed by atoms with Gasteiger partial charge in [0.25, 0.3) is 0 Å².